The summed E-state index contributed by atoms with van der Waals surface area (Å²) in [6.07, 6.45) is 3.51. The van der Waals surface area contributed by atoms with Gasteiger partial charge in [0.05, 0.1) is 5.52 Å². The van der Waals surface area contributed by atoms with E-state index in [0.717, 1.165) is 11.9 Å². The standard InChI is InChI=1S/C22H20N2/c1-14-22(17-8-3-5-11-20(17)23-14)16-9-6-12-21-18(16)13-15-7-2-4-10-19(15)24-21/h2-5,7-8,10-11,13,16,23H,6,9,12H2,1H3/t16-/m1/s1. The second-order valence-electron chi connectivity index (χ2n) is 6.87. The number of nitrogens with zero attached hydrogens (tertiary/aromatic N) is 1. The van der Waals surface area contributed by atoms with E-state index in [-0.39, 0.29) is 0 Å². The SMILES string of the molecule is Cc1[nH]c2ccccc2c1[C@@H]1CCCc2nc3ccccc3cc21. The van der Waals surface area contributed by atoms with E-state index in [2.05, 4.69) is 66.5 Å². The third kappa shape index (κ3) is 1.99. The largest absolute Gasteiger partial charge is 0.358 e. The Morgan fingerprint density at radius 2 is 1.88 bits per heavy atom. The highest BCUT2D eigenvalue weighted by Crippen LogP contribution is 2.41. The molecule has 2 aromatic heterocycles. The Balaban J connectivity index is 1.76. The molecule has 2 heterocycles. The number of aromatic amines is 1. The quantitative estimate of drug-likeness (QED) is 0.494. The van der Waals surface area contributed by atoms with Crippen molar-refractivity contribution in [1.29, 1.82) is 0 Å². The van der Waals surface area contributed by atoms with Gasteiger partial charge in [0.15, 0.2) is 0 Å². The van der Waals surface area contributed by atoms with Crippen LogP contribution in [-0.2, 0) is 6.42 Å². The van der Waals surface area contributed by atoms with Crippen LogP contribution >= 0.6 is 0 Å². The maximum absolute atomic E-state index is 4.98. The molecule has 0 fully saturated rings. The van der Waals surface area contributed by atoms with Crippen molar-refractivity contribution >= 4 is 21.8 Å². The smallest absolute Gasteiger partial charge is 0.0705 e. The van der Waals surface area contributed by atoms with Gasteiger partial charge in [-0.3, -0.25) is 4.98 Å². The van der Waals surface area contributed by atoms with E-state index in [1.807, 2.05) is 0 Å². The summed E-state index contributed by atoms with van der Waals surface area (Å²) >= 11 is 0. The Morgan fingerprint density at radius 1 is 1.04 bits per heavy atom. The number of hydrogen-bond acceptors (Lipinski definition) is 1. The van der Waals surface area contributed by atoms with Crippen LogP contribution in [0.15, 0.2) is 54.6 Å². The minimum Gasteiger partial charge on any atom is -0.358 e. The zero-order chi connectivity index (χ0) is 16.1. The molecule has 1 aliphatic carbocycles. The molecule has 1 aliphatic rings. The Labute approximate surface area is 141 Å². The number of benzene rings is 2. The predicted molar refractivity (Wildman–Crippen MR) is 99.6 cm³/mol. The third-order valence-electron chi connectivity index (χ3n) is 5.41. The van der Waals surface area contributed by atoms with Crippen molar-refractivity contribution < 1.29 is 0 Å². The van der Waals surface area contributed by atoms with E-state index in [4.69, 9.17) is 4.98 Å². The van der Waals surface area contributed by atoms with Gasteiger partial charge in [0, 0.05) is 33.6 Å². The molecular weight excluding hydrogens is 292 g/mol. The summed E-state index contributed by atoms with van der Waals surface area (Å²) in [5, 5.41) is 2.61. The zero-order valence-corrected chi connectivity index (χ0v) is 13.8. The van der Waals surface area contributed by atoms with Crippen molar-refractivity contribution in [2.75, 3.05) is 0 Å². The van der Waals surface area contributed by atoms with Crippen molar-refractivity contribution in [3.63, 3.8) is 0 Å². The van der Waals surface area contributed by atoms with Gasteiger partial charge in [-0.25, -0.2) is 0 Å². The Kier molecular flexibility index (Phi) is 2.99. The molecule has 1 atom stereocenters. The molecule has 0 amide bonds. The second-order valence-corrected chi connectivity index (χ2v) is 6.87. The maximum atomic E-state index is 4.98. The molecule has 5 rings (SSSR count). The van der Waals surface area contributed by atoms with Crippen LogP contribution in [0.1, 0.15) is 41.3 Å². The lowest BCUT2D eigenvalue weighted by atomic mass is 9.79. The number of H-pyrrole nitrogens is 1. The van der Waals surface area contributed by atoms with Gasteiger partial charge in [-0.1, -0.05) is 36.4 Å². The van der Waals surface area contributed by atoms with Crippen molar-refractivity contribution in [1.82, 2.24) is 9.97 Å². The molecule has 118 valence electrons. The van der Waals surface area contributed by atoms with E-state index in [9.17, 15) is 0 Å². The lowest BCUT2D eigenvalue weighted by Crippen LogP contribution is -2.13. The van der Waals surface area contributed by atoms with Crippen LogP contribution < -0.4 is 0 Å². The molecule has 2 nitrogen and oxygen atoms in total. The number of pyridine rings is 1. The average Bonchev–Trinajstić information content (AvgIpc) is 2.95. The number of aryl methyl sites for hydroxylation is 2. The monoisotopic (exact) mass is 312 g/mol. The number of nitrogens with one attached hydrogen (secondary N) is 1. The molecule has 24 heavy (non-hydrogen) atoms. The van der Waals surface area contributed by atoms with Crippen LogP contribution in [0, 0.1) is 6.92 Å². The highest BCUT2D eigenvalue weighted by Gasteiger charge is 2.27. The molecule has 4 aromatic rings. The van der Waals surface area contributed by atoms with Crippen molar-refractivity contribution in [3.05, 3.63) is 77.1 Å². The summed E-state index contributed by atoms with van der Waals surface area (Å²) in [4.78, 5) is 8.55. The van der Waals surface area contributed by atoms with Gasteiger partial charge in [-0.05, 0) is 55.5 Å². The van der Waals surface area contributed by atoms with Gasteiger partial charge in [0.2, 0.25) is 0 Å². The molecule has 0 aliphatic heterocycles. The van der Waals surface area contributed by atoms with E-state index < -0.39 is 0 Å². The summed E-state index contributed by atoms with van der Waals surface area (Å²) in [5.74, 6) is 0.446. The summed E-state index contributed by atoms with van der Waals surface area (Å²) in [6, 6.07) is 19.5. The van der Waals surface area contributed by atoms with E-state index >= 15 is 0 Å². The molecule has 0 spiro atoms. The summed E-state index contributed by atoms with van der Waals surface area (Å²) in [5.41, 5.74) is 7.83. The molecule has 0 unspecified atom stereocenters. The van der Waals surface area contributed by atoms with E-state index in [1.54, 1.807) is 0 Å². The molecule has 1 N–H and O–H groups in total. The third-order valence-corrected chi connectivity index (χ3v) is 5.41. The molecule has 0 bridgehead atoms. The van der Waals surface area contributed by atoms with Crippen LogP contribution in [0.5, 0.6) is 0 Å². The van der Waals surface area contributed by atoms with Crippen LogP contribution in [0.25, 0.3) is 21.8 Å². The molecule has 0 radical (unpaired) electrons. The minimum atomic E-state index is 0.446. The molecular formula is C22H20N2. The Hall–Kier alpha value is -2.61. The van der Waals surface area contributed by atoms with Gasteiger partial charge in [0.25, 0.3) is 0 Å². The second kappa shape index (κ2) is 5.20. The number of fused-ring (bicyclic) bond motifs is 3. The summed E-state index contributed by atoms with van der Waals surface area (Å²) in [7, 11) is 0. The topological polar surface area (TPSA) is 28.7 Å². The highest BCUT2D eigenvalue weighted by atomic mass is 14.7. The molecule has 0 saturated heterocycles. The number of aromatic nitrogens is 2. The van der Waals surface area contributed by atoms with Gasteiger partial charge in [-0.2, -0.15) is 0 Å². The summed E-state index contributed by atoms with van der Waals surface area (Å²) < 4.78 is 0. The van der Waals surface area contributed by atoms with Gasteiger partial charge in [-0.15, -0.1) is 0 Å². The Bertz CT molecular complexity index is 1060. The van der Waals surface area contributed by atoms with E-state index in [1.165, 1.54) is 51.6 Å². The van der Waals surface area contributed by atoms with Gasteiger partial charge < -0.3 is 4.98 Å². The number of rotatable bonds is 1. The van der Waals surface area contributed by atoms with Crippen molar-refractivity contribution in [2.24, 2.45) is 0 Å². The number of hydrogen-bond donors (Lipinski definition) is 1. The highest BCUT2D eigenvalue weighted by molar-refractivity contribution is 5.86. The van der Waals surface area contributed by atoms with Crippen LogP contribution in [0.4, 0.5) is 0 Å². The molecule has 2 aromatic carbocycles. The first-order valence-corrected chi connectivity index (χ1v) is 8.77. The van der Waals surface area contributed by atoms with Crippen LogP contribution in [0.2, 0.25) is 0 Å². The van der Waals surface area contributed by atoms with Crippen molar-refractivity contribution in [3.8, 4) is 0 Å². The molecule has 2 heteroatoms. The van der Waals surface area contributed by atoms with Crippen LogP contribution in [0.3, 0.4) is 0 Å². The van der Waals surface area contributed by atoms with Gasteiger partial charge >= 0.3 is 0 Å². The fourth-order valence-corrected chi connectivity index (χ4v) is 4.35. The van der Waals surface area contributed by atoms with E-state index in [0.29, 0.717) is 5.92 Å². The maximum Gasteiger partial charge on any atom is 0.0705 e. The predicted octanol–water partition coefficient (Wildman–Crippen LogP) is 5.49. The lowest BCUT2D eigenvalue weighted by molar-refractivity contribution is 0.606. The zero-order valence-electron chi connectivity index (χ0n) is 13.8. The normalized spacial score (nSPS) is 17.3. The fraction of sp³-hybridized carbons (Fsp3) is 0.227. The lowest BCUT2D eigenvalue weighted by Gasteiger charge is -2.26. The minimum absolute atomic E-state index is 0.446. The first kappa shape index (κ1) is 13.8. The first-order valence-electron chi connectivity index (χ1n) is 8.77. The fourth-order valence-electron chi connectivity index (χ4n) is 4.35. The Morgan fingerprint density at radius 3 is 2.83 bits per heavy atom. The molecule has 0 saturated carbocycles. The van der Waals surface area contributed by atoms with Crippen LogP contribution in [-0.4, -0.2) is 9.97 Å². The first-order chi connectivity index (χ1) is 11.8. The summed E-state index contributed by atoms with van der Waals surface area (Å²) in [6.45, 7) is 2.21. The van der Waals surface area contributed by atoms with Crippen molar-refractivity contribution in [2.45, 2.75) is 32.1 Å². The number of para-hydroxylation sites is 2. The van der Waals surface area contributed by atoms with Gasteiger partial charge in [0.1, 0.15) is 0 Å². The average molecular weight is 312 g/mol.